The predicted molar refractivity (Wildman–Crippen MR) is 150 cm³/mol. The van der Waals surface area contributed by atoms with Gasteiger partial charge in [0.25, 0.3) is 5.91 Å². The summed E-state index contributed by atoms with van der Waals surface area (Å²) in [6.45, 7) is 2.28. The molecule has 1 aliphatic heterocycles. The Balaban J connectivity index is 1.52. The van der Waals surface area contributed by atoms with Gasteiger partial charge in [0, 0.05) is 45.7 Å². The number of nitrogens with zero attached hydrogens (tertiary/aromatic N) is 3. The van der Waals surface area contributed by atoms with Crippen molar-refractivity contribution in [2.24, 2.45) is 0 Å². The minimum absolute atomic E-state index is 0.289. The third-order valence-electron chi connectivity index (χ3n) is 6.58. The van der Waals surface area contributed by atoms with E-state index in [4.69, 9.17) is 27.9 Å². The first kappa shape index (κ1) is 24.6. The number of anilines is 2. The fourth-order valence-corrected chi connectivity index (χ4v) is 5.43. The van der Waals surface area contributed by atoms with Crippen molar-refractivity contribution in [1.82, 2.24) is 9.97 Å². The second kappa shape index (κ2) is 10.2. The maximum Gasteiger partial charge on any atom is 0.256 e. The number of nitrogens with one attached hydrogen (secondary N) is 1. The number of carbonyl (C=O) groups excluding carboxylic acids is 1. The number of halogens is 3. The summed E-state index contributed by atoms with van der Waals surface area (Å²) in [4.78, 5) is 24.6. The molecule has 2 aromatic heterocycles. The van der Waals surface area contributed by atoms with Crippen molar-refractivity contribution in [1.29, 1.82) is 0 Å². The number of amides is 1. The van der Waals surface area contributed by atoms with Crippen molar-refractivity contribution < 1.29 is 13.9 Å². The van der Waals surface area contributed by atoms with Crippen LogP contribution in [-0.4, -0.2) is 42.2 Å². The number of rotatable bonds is 4. The Morgan fingerprint density at radius 3 is 2.50 bits per heavy atom. The highest BCUT2D eigenvalue weighted by Gasteiger charge is 2.23. The molecule has 1 aliphatic rings. The Kier molecular flexibility index (Phi) is 6.57. The number of hydrogen-bond acceptors (Lipinski definition) is 5. The molecular weight excluding hydrogens is 526 g/mol. The number of aromatic nitrogens is 2. The van der Waals surface area contributed by atoms with Gasteiger partial charge in [0.1, 0.15) is 5.82 Å². The van der Waals surface area contributed by atoms with Crippen LogP contribution in [0.4, 0.5) is 15.8 Å². The van der Waals surface area contributed by atoms with E-state index in [1.54, 1.807) is 42.7 Å². The standard InChI is InChI=1S/C29H21Cl2FN4O2/c30-18-13-17(14-19(31)15-18)26-23(32)6-5-22-27(26)34-16-25(28(22)36-9-11-38-12-10-36)35-29(37)21-7-8-33-24-4-2-1-3-20(21)24/h1-8,13-16H,9-12H2,(H,35,37). The van der Waals surface area contributed by atoms with Crippen molar-refractivity contribution in [2.45, 2.75) is 0 Å². The van der Waals surface area contributed by atoms with Gasteiger partial charge in [0.2, 0.25) is 0 Å². The summed E-state index contributed by atoms with van der Waals surface area (Å²) in [6.07, 6.45) is 3.19. The Morgan fingerprint density at radius 2 is 1.71 bits per heavy atom. The van der Waals surface area contributed by atoms with Crippen LogP contribution in [0.15, 0.2) is 73.1 Å². The second-order valence-corrected chi connectivity index (χ2v) is 9.80. The predicted octanol–water partition coefficient (Wildman–Crippen LogP) is 6.98. The van der Waals surface area contributed by atoms with Crippen LogP contribution in [0.25, 0.3) is 32.9 Å². The topological polar surface area (TPSA) is 67.4 Å². The van der Waals surface area contributed by atoms with Crippen LogP contribution in [0.2, 0.25) is 10.0 Å². The highest BCUT2D eigenvalue weighted by molar-refractivity contribution is 6.35. The Bertz CT molecular complexity index is 1680. The lowest BCUT2D eigenvalue weighted by Crippen LogP contribution is -2.37. The molecule has 9 heteroatoms. The minimum atomic E-state index is -0.448. The molecule has 1 saturated heterocycles. The summed E-state index contributed by atoms with van der Waals surface area (Å²) in [5.41, 5.74) is 3.75. The lowest BCUT2D eigenvalue weighted by Gasteiger charge is -2.31. The van der Waals surface area contributed by atoms with Gasteiger partial charge in [-0.25, -0.2) is 4.39 Å². The van der Waals surface area contributed by atoms with E-state index in [0.29, 0.717) is 69.6 Å². The molecule has 190 valence electrons. The van der Waals surface area contributed by atoms with E-state index in [2.05, 4.69) is 20.2 Å². The second-order valence-electron chi connectivity index (χ2n) is 8.93. The van der Waals surface area contributed by atoms with Crippen LogP contribution < -0.4 is 10.2 Å². The highest BCUT2D eigenvalue weighted by Crippen LogP contribution is 2.40. The first-order chi connectivity index (χ1) is 18.5. The SMILES string of the molecule is O=C(Nc1cnc2c(-c3cc(Cl)cc(Cl)c3)c(F)ccc2c1N1CCOCC1)c1ccnc2ccccc12. The fourth-order valence-electron chi connectivity index (χ4n) is 4.90. The Morgan fingerprint density at radius 1 is 0.947 bits per heavy atom. The smallest absolute Gasteiger partial charge is 0.256 e. The molecule has 3 aromatic carbocycles. The first-order valence-electron chi connectivity index (χ1n) is 12.0. The van der Waals surface area contributed by atoms with Crippen LogP contribution in [-0.2, 0) is 4.74 Å². The van der Waals surface area contributed by atoms with Gasteiger partial charge >= 0.3 is 0 Å². The molecule has 5 aromatic rings. The average molecular weight is 547 g/mol. The van der Waals surface area contributed by atoms with E-state index in [9.17, 15) is 4.79 Å². The number of carbonyl (C=O) groups is 1. The largest absolute Gasteiger partial charge is 0.378 e. The summed E-state index contributed by atoms with van der Waals surface area (Å²) in [7, 11) is 0. The molecular formula is C29H21Cl2FN4O2. The Labute approximate surface area is 228 Å². The number of benzene rings is 3. The van der Waals surface area contributed by atoms with Crippen LogP contribution in [0.5, 0.6) is 0 Å². The molecule has 38 heavy (non-hydrogen) atoms. The summed E-state index contributed by atoms with van der Waals surface area (Å²) >= 11 is 12.5. The monoisotopic (exact) mass is 546 g/mol. The molecule has 3 heterocycles. The normalized spacial score (nSPS) is 13.7. The molecule has 0 spiro atoms. The molecule has 1 amide bonds. The number of morpholine rings is 1. The minimum Gasteiger partial charge on any atom is -0.378 e. The van der Waals surface area contributed by atoms with Gasteiger partial charge < -0.3 is 15.0 Å². The zero-order valence-corrected chi connectivity index (χ0v) is 21.6. The van der Waals surface area contributed by atoms with Crippen LogP contribution >= 0.6 is 23.2 Å². The van der Waals surface area contributed by atoms with Crippen LogP contribution in [0.1, 0.15) is 10.4 Å². The molecule has 6 rings (SSSR count). The summed E-state index contributed by atoms with van der Waals surface area (Å²) in [6, 6.07) is 17.2. The maximum absolute atomic E-state index is 15.3. The summed E-state index contributed by atoms with van der Waals surface area (Å²) in [5, 5.41) is 5.28. The van der Waals surface area contributed by atoms with Crippen molar-refractivity contribution in [3.8, 4) is 11.1 Å². The number of pyridine rings is 2. The van der Waals surface area contributed by atoms with E-state index in [1.165, 1.54) is 6.07 Å². The molecule has 0 bridgehead atoms. The number of para-hydroxylation sites is 1. The average Bonchev–Trinajstić information content (AvgIpc) is 2.92. The Hall–Kier alpha value is -3.78. The molecule has 0 atom stereocenters. The van der Waals surface area contributed by atoms with Crippen molar-refractivity contribution in [3.05, 3.63) is 94.5 Å². The molecule has 0 aliphatic carbocycles. The van der Waals surface area contributed by atoms with Crippen LogP contribution in [0, 0.1) is 5.82 Å². The summed E-state index contributed by atoms with van der Waals surface area (Å²) in [5.74, 6) is -0.737. The highest BCUT2D eigenvalue weighted by atomic mass is 35.5. The van der Waals surface area contributed by atoms with Crippen LogP contribution in [0.3, 0.4) is 0 Å². The van der Waals surface area contributed by atoms with E-state index in [1.807, 2.05) is 24.3 Å². The van der Waals surface area contributed by atoms with Crippen molar-refractivity contribution in [3.63, 3.8) is 0 Å². The zero-order chi connectivity index (χ0) is 26.2. The van der Waals surface area contributed by atoms with Gasteiger partial charge in [-0.05, 0) is 48.0 Å². The van der Waals surface area contributed by atoms with Gasteiger partial charge in [-0.1, -0.05) is 41.4 Å². The van der Waals surface area contributed by atoms with Gasteiger partial charge in [0.05, 0.1) is 47.4 Å². The van der Waals surface area contributed by atoms with E-state index in [-0.39, 0.29) is 5.91 Å². The summed E-state index contributed by atoms with van der Waals surface area (Å²) < 4.78 is 20.9. The van der Waals surface area contributed by atoms with E-state index >= 15 is 4.39 Å². The lowest BCUT2D eigenvalue weighted by molar-refractivity contribution is 0.102. The van der Waals surface area contributed by atoms with Gasteiger partial charge in [-0.15, -0.1) is 0 Å². The molecule has 1 N–H and O–H groups in total. The molecule has 0 unspecified atom stereocenters. The first-order valence-corrected chi connectivity index (χ1v) is 12.8. The van der Waals surface area contributed by atoms with Gasteiger partial charge in [-0.3, -0.25) is 14.8 Å². The van der Waals surface area contributed by atoms with E-state index < -0.39 is 5.82 Å². The van der Waals surface area contributed by atoms with Gasteiger partial charge in [-0.2, -0.15) is 0 Å². The third kappa shape index (κ3) is 4.53. The number of fused-ring (bicyclic) bond motifs is 2. The fraction of sp³-hybridized carbons (Fsp3) is 0.138. The maximum atomic E-state index is 15.3. The molecule has 1 fully saturated rings. The lowest BCUT2D eigenvalue weighted by atomic mass is 9.99. The number of ether oxygens (including phenoxy) is 1. The van der Waals surface area contributed by atoms with Gasteiger partial charge in [0.15, 0.2) is 0 Å². The quantitative estimate of drug-likeness (QED) is 0.263. The number of hydrogen-bond donors (Lipinski definition) is 1. The van der Waals surface area contributed by atoms with Crippen molar-refractivity contribution >= 4 is 62.3 Å². The van der Waals surface area contributed by atoms with E-state index in [0.717, 1.165) is 16.6 Å². The molecule has 0 radical (unpaired) electrons. The third-order valence-corrected chi connectivity index (χ3v) is 7.02. The zero-order valence-electron chi connectivity index (χ0n) is 20.0. The van der Waals surface area contributed by atoms with Crippen molar-refractivity contribution in [2.75, 3.05) is 36.5 Å². The molecule has 6 nitrogen and oxygen atoms in total. The molecule has 0 saturated carbocycles.